The zero-order valence-electron chi connectivity index (χ0n) is 16.8. The van der Waals surface area contributed by atoms with E-state index >= 15 is 0 Å². The number of aromatic nitrogens is 3. The van der Waals surface area contributed by atoms with Crippen molar-refractivity contribution in [2.75, 3.05) is 50.0 Å². The molecule has 4 rings (SSSR count). The van der Waals surface area contributed by atoms with E-state index in [1.807, 2.05) is 11.0 Å². The van der Waals surface area contributed by atoms with Crippen molar-refractivity contribution in [2.24, 2.45) is 0 Å². The molecule has 7 nitrogen and oxygen atoms in total. The molecule has 2 aromatic rings. The van der Waals surface area contributed by atoms with Crippen molar-refractivity contribution in [2.45, 2.75) is 25.0 Å². The Hall–Kier alpha value is -2.32. The van der Waals surface area contributed by atoms with Gasteiger partial charge in [-0.25, -0.2) is 0 Å². The van der Waals surface area contributed by atoms with E-state index < -0.39 is 0 Å². The second-order valence-electron chi connectivity index (χ2n) is 7.10. The normalized spacial score (nSPS) is 17.3. The van der Waals surface area contributed by atoms with Crippen LogP contribution in [0.2, 0.25) is 0 Å². The van der Waals surface area contributed by atoms with Crippen LogP contribution in [0.25, 0.3) is 5.57 Å². The van der Waals surface area contributed by atoms with Crippen molar-refractivity contribution in [3.05, 3.63) is 42.0 Å². The second-order valence-corrected chi connectivity index (χ2v) is 8.04. The summed E-state index contributed by atoms with van der Waals surface area (Å²) in [6, 6.07) is 10.4. The van der Waals surface area contributed by atoms with Gasteiger partial charge in [0.05, 0.1) is 19.0 Å². The van der Waals surface area contributed by atoms with Gasteiger partial charge in [0.25, 0.3) is 0 Å². The summed E-state index contributed by atoms with van der Waals surface area (Å²) in [5.41, 5.74) is 2.57. The average molecular weight is 414 g/mol. The minimum absolute atomic E-state index is 0.150. The Morgan fingerprint density at radius 1 is 1.14 bits per heavy atom. The molecule has 1 aromatic heterocycles. The van der Waals surface area contributed by atoms with E-state index in [0.29, 0.717) is 25.5 Å². The fourth-order valence-electron chi connectivity index (χ4n) is 3.69. The Balaban J connectivity index is 1.34. The molecule has 0 spiro atoms. The summed E-state index contributed by atoms with van der Waals surface area (Å²) in [6.45, 7) is 7.37. The van der Waals surface area contributed by atoms with Crippen molar-refractivity contribution in [1.82, 2.24) is 19.7 Å². The molecule has 0 saturated carbocycles. The van der Waals surface area contributed by atoms with Crippen LogP contribution >= 0.6 is 11.8 Å². The lowest BCUT2D eigenvalue weighted by Crippen LogP contribution is -2.38. The van der Waals surface area contributed by atoms with E-state index in [2.05, 4.69) is 56.9 Å². The van der Waals surface area contributed by atoms with E-state index in [1.54, 1.807) is 0 Å². The zero-order valence-corrected chi connectivity index (χ0v) is 17.6. The van der Waals surface area contributed by atoms with Gasteiger partial charge < -0.3 is 14.5 Å². The Morgan fingerprint density at radius 2 is 1.93 bits per heavy atom. The minimum Gasteiger partial charge on any atom is -0.378 e. The summed E-state index contributed by atoms with van der Waals surface area (Å²) in [6.07, 6.45) is 3.07. The average Bonchev–Trinajstić information content (AvgIpc) is 3.21. The first-order chi connectivity index (χ1) is 14.3. The first-order valence-electron chi connectivity index (χ1n) is 10.2. The summed E-state index contributed by atoms with van der Waals surface area (Å²) in [5, 5.41) is 9.52. The summed E-state index contributed by atoms with van der Waals surface area (Å²) in [4.78, 5) is 16.8. The molecule has 0 unspecified atom stereocenters. The third-order valence-electron chi connectivity index (χ3n) is 5.34. The lowest BCUT2D eigenvalue weighted by molar-refractivity contribution is -0.127. The van der Waals surface area contributed by atoms with Crippen LogP contribution in [0.4, 0.5) is 5.95 Å². The number of anilines is 1. The van der Waals surface area contributed by atoms with Crippen LogP contribution < -0.4 is 4.90 Å². The van der Waals surface area contributed by atoms with Crippen molar-refractivity contribution in [1.29, 1.82) is 0 Å². The van der Waals surface area contributed by atoms with Crippen LogP contribution in [0.1, 0.15) is 18.9 Å². The highest BCUT2D eigenvalue weighted by Gasteiger charge is 2.22. The highest BCUT2D eigenvalue weighted by molar-refractivity contribution is 7.99. The van der Waals surface area contributed by atoms with Crippen LogP contribution in [0.3, 0.4) is 0 Å². The number of nitrogens with zero attached hydrogens (tertiary/aromatic N) is 5. The Kier molecular flexibility index (Phi) is 6.51. The van der Waals surface area contributed by atoms with E-state index in [9.17, 15) is 4.79 Å². The fourth-order valence-corrected chi connectivity index (χ4v) is 4.59. The van der Waals surface area contributed by atoms with Gasteiger partial charge in [-0.3, -0.25) is 9.36 Å². The van der Waals surface area contributed by atoms with Gasteiger partial charge in [0, 0.05) is 32.7 Å². The summed E-state index contributed by atoms with van der Waals surface area (Å²) in [7, 11) is 0. The zero-order chi connectivity index (χ0) is 20.1. The third kappa shape index (κ3) is 4.64. The maximum absolute atomic E-state index is 12.7. The first kappa shape index (κ1) is 20.0. The molecule has 0 bridgehead atoms. The van der Waals surface area contributed by atoms with E-state index in [4.69, 9.17) is 4.74 Å². The number of hydrogen-bond donors (Lipinski definition) is 0. The molecule has 2 aliphatic rings. The third-order valence-corrected chi connectivity index (χ3v) is 6.29. The SMILES string of the molecule is CCn1c(SCC(=O)N2CC=C(c3ccccc3)CC2)nnc1N1CCOCC1. The maximum atomic E-state index is 12.7. The van der Waals surface area contributed by atoms with Crippen LogP contribution in [-0.4, -0.2) is 70.7 Å². The summed E-state index contributed by atoms with van der Waals surface area (Å²) in [5.74, 6) is 1.41. The fraction of sp³-hybridized carbons (Fsp3) is 0.476. The number of rotatable bonds is 6. The number of carbonyl (C=O) groups excluding carboxylic acids is 1. The lowest BCUT2D eigenvalue weighted by Gasteiger charge is -2.28. The monoisotopic (exact) mass is 413 g/mol. The van der Waals surface area contributed by atoms with E-state index in [1.165, 1.54) is 22.9 Å². The number of benzene rings is 1. The van der Waals surface area contributed by atoms with Crippen molar-refractivity contribution < 1.29 is 9.53 Å². The molecule has 1 amide bonds. The molecule has 2 aliphatic heterocycles. The molecule has 0 atom stereocenters. The molecule has 1 fully saturated rings. The van der Waals surface area contributed by atoms with Crippen molar-refractivity contribution in [3.8, 4) is 0 Å². The first-order valence-corrected chi connectivity index (χ1v) is 11.2. The van der Waals surface area contributed by atoms with Crippen LogP contribution in [0.15, 0.2) is 41.6 Å². The summed E-state index contributed by atoms with van der Waals surface area (Å²) >= 11 is 1.47. The van der Waals surface area contributed by atoms with Crippen LogP contribution in [0, 0.1) is 0 Å². The van der Waals surface area contributed by atoms with Crippen molar-refractivity contribution in [3.63, 3.8) is 0 Å². The topological polar surface area (TPSA) is 63.5 Å². The van der Waals surface area contributed by atoms with Gasteiger partial charge >= 0.3 is 0 Å². The van der Waals surface area contributed by atoms with Gasteiger partial charge in [0.15, 0.2) is 5.16 Å². The number of carbonyl (C=O) groups is 1. The molecule has 0 radical (unpaired) electrons. The summed E-state index contributed by atoms with van der Waals surface area (Å²) < 4.78 is 7.51. The Labute approximate surface area is 175 Å². The molecule has 154 valence electrons. The predicted molar refractivity (Wildman–Crippen MR) is 115 cm³/mol. The van der Waals surface area contributed by atoms with Crippen LogP contribution in [0.5, 0.6) is 0 Å². The number of thioether (sulfide) groups is 1. The highest BCUT2D eigenvalue weighted by Crippen LogP contribution is 2.25. The maximum Gasteiger partial charge on any atom is 0.233 e. The molecule has 1 saturated heterocycles. The highest BCUT2D eigenvalue weighted by atomic mass is 32.2. The molecular formula is C21H27N5O2S. The van der Waals surface area contributed by atoms with E-state index in [0.717, 1.165) is 43.7 Å². The van der Waals surface area contributed by atoms with Gasteiger partial charge in [0.2, 0.25) is 11.9 Å². The quantitative estimate of drug-likeness (QED) is 0.678. The number of amides is 1. The van der Waals surface area contributed by atoms with Gasteiger partial charge in [0.1, 0.15) is 0 Å². The molecule has 1 aromatic carbocycles. The van der Waals surface area contributed by atoms with Gasteiger partial charge in [-0.1, -0.05) is 48.2 Å². The Bertz CT molecular complexity index is 861. The van der Waals surface area contributed by atoms with Gasteiger partial charge in [-0.05, 0) is 24.5 Å². The molecule has 0 N–H and O–H groups in total. The molecule has 8 heteroatoms. The largest absolute Gasteiger partial charge is 0.378 e. The molecule has 29 heavy (non-hydrogen) atoms. The number of hydrogen-bond acceptors (Lipinski definition) is 6. The number of ether oxygens (including phenoxy) is 1. The standard InChI is InChI=1S/C21H27N5O2S/c1-2-26-20(25-12-14-28-15-13-25)22-23-21(26)29-16-19(27)24-10-8-18(9-11-24)17-6-4-3-5-7-17/h3-8H,2,9-16H2,1H3. The van der Waals surface area contributed by atoms with Gasteiger partial charge in [-0.2, -0.15) is 0 Å². The minimum atomic E-state index is 0.150. The molecular weight excluding hydrogens is 386 g/mol. The molecule has 3 heterocycles. The van der Waals surface area contributed by atoms with Gasteiger partial charge in [-0.15, -0.1) is 10.2 Å². The van der Waals surface area contributed by atoms with E-state index in [-0.39, 0.29) is 5.91 Å². The van der Waals surface area contributed by atoms with Crippen LogP contribution in [-0.2, 0) is 16.1 Å². The lowest BCUT2D eigenvalue weighted by atomic mass is 10.00. The smallest absolute Gasteiger partial charge is 0.233 e. The number of morpholine rings is 1. The predicted octanol–water partition coefficient (Wildman–Crippen LogP) is 2.54. The Morgan fingerprint density at radius 3 is 2.62 bits per heavy atom. The molecule has 0 aliphatic carbocycles. The van der Waals surface area contributed by atoms with Crippen molar-refractivity contribution >= 4 is 29.2 Å². The second kappa shape index (κ2) is 9.45.